The van der Waals surface area contributed by atoms with Crippen LogP contribution >= 0.6 is 0 Å². The first-order chi connectivity index (χ1) is 10.7. The highest BCUT2D eigenvalue weighted by Gasteiger charge is 2.09. The summed E-state index contributed by atoms with van der Waals surface area (Å²) in [5.74, 6) is -0.304. The normalized spacial score (nSPS) is 10.3. The molecule has 0 saturated heterocycles. The Bertz CT molecular complexity index is 438. The third-order valence-corrected chi connectivity index (χ3v) is 3.17. The fraction of sp³-hybridized carbons (Fsp3) is 0.500. The lowest BCUT2D eigenvalue weighted by Gasteiger charge is -2.08. The van der Waals surface area contributed by atoms with Gasteiger partial charge in [0.25, 0.3) is 11.8 Å². The van der Waals surface area contributed by atoms with Crippen molar-refractivity contribution in [1.29, 1.82) is 0 Å². The van der Waals surface area contributed by atoms with Crippen molar-refractivity contribution in [2.45, 2.75) is 12.8 Å². The van der Waals surface area contributed by atoms with Gasteiger partial charge >= 0.3 is 0 Å². The van der Waals surface area contributed by atoms with Crippen LogP contribution in [-0.2, 0) is 0 Å². The van der Waals surface area contributed by atoms with Crippen LogP contribution in [-0.4, -0.2) is 52.1 Å². The molecule has 0 heterocycles. The lowest BCUT2D eigenvalue weighted by atomic mass is 10.1. The minimum atomic E-state index is -0.152. The second-order valence-corrected chi connectivity index (χ2v) is 5.01. The van der Waals surface area contributed by atoms with Gasteiger partial charge in [-0.05, 0) is 58.2 Å². The van der Waals surface area contributed by atoms with Crippen LogP contribution in [0.15, 0.2) is 24.3 Å². The largest absolute Gasteiger partial charge is 0.352 e. The fourth-order valence-corrected chi connectivity index (χ4v) is 1.94. The number of nitrogens with one attached hydrogen (secondary N) is 4. The minimum absolute atomic E-state index is 0.152. The van der Waals surface area contributed by atoms with Gasteiger partial charge in [-0.15, -0.1) is 0 Å². The average molecular weight is 306 g/mol. The lowest BCUT2D eigenvalue weighted by molar-refractivity contribution is 0.0952. The summed E-state index contributed by atoms with van der Waals surface area (Å²) in [6.07, 6.45) is 1.74. The van der Waals surface area contributed by atoms with E-state index in [0.29, 0.717) is 24.2 Å². The van der Waals surface area contributed by atoms with Gasteiger partial charge < -0.3 is 21.3 Å². The molecule has 0 bridgehead atoms. The number of rotatable bonds is 10. The van der Waals surface area contributed by atoms with E-state index in [1.165, 1.54) is 0 Å². The Hall–Kier alpha value is -1.92. The van der Waals surface area contributed by atoms with Crippen LogP contribution in [0, 0.1) is 0 Å². The predicted molar refractivity (Wildman–Crippen MR) is 88.2 cm³/mol. The summed E-state index contributed by atoms with van der Waals surface area (Å²) >= 11 is 0. The first kappa shape index (κ1) is 18.1. The van der Waals surface area contributed by atoms with Crippen LogP contribution in [0.2, 0.25) is 0 Å². The Kier molecular flexibility index (Phi) is 8.86. The summed E-state index contributed by atoms with van der Waals surface area (Å²) in [5.41, 5.74) is 1.01. The van der Waals surface area contributed by atoms with Gasteiger partial charge in [0, 0.05) is 24.2 Å². The standard InChI is InChI=1S/C16H26N4O2/c1-17-8-4-10-19-15(21)13-6-3-7-14(12-13)16(22)20-11-5-9-18-2/h3,6-7,12,17-18H,4-5,8-11H2,1-2H3,(H,19,21)(H,20,22). The summed E-state index contributed by atoms with van der Waals surface area (Å²) in [5, 5.41) is 11.7. The molecule has 4 N–H and O–H groups in total. The molecule has 0 spiro atoms. The van der Waals surface area contributed by atoms with Crippen molar-refractivity contribution in [1.82, 2.24) is 21.3 Å². The molecule has 0 aliphatic heterocycles. The number of carbonyl (C=O) groups is 2. The van der Waals surface area contributed by atoms with Gasteiger partial charge in [0.15, 0.2) is 0 Å². The molecule has 0 unspecified atom stereocenters. The van der Waals surface area contributed by atoms with Crippen molar-refractivity contribution in [2.24, 2.45) is 0 Å². The third kappa shape index (κ3) is 6.69. The van der Waals surface area contributed by atoms with E-state index in [9.17, 15) is 9.59 Å². The Morgan fingerprint density at radius 3 is 1.68 bits per heavy atom. The topological polar surface area (TPSA) is 82.3 Å². The van der Waals surface area contributed by atoms with Gasteiger partial charge in [-0.25, -0.2) is 0 Å². The van der Waals surface area contributed by atoms with Gasteiger partial charge in [0.2, 0.25) is 0 Å². The van der Waals surface area contributed by atoms with Crippen molar-refractivity contribution in [3.05, 3.63) is 35.4 Å². The van der Waals surface area contributed by atoms with E-state index in [2.05, 4.69) is 21.3 Å². The first-order valence-corrected chi connectivity index (χ1v) is 7.64. The molecule has 0 aliphatic carbocycles. The van der Waals surface area contributed by atoms with E-state index in [1.807, 2.05) is 14.1 Å². The zero-order chi connectivity index (χ0) is 16.2. The van der Waals surface area contributed by atoms with Gasteiger partial charge in [0.05, 0.1) is 0 Å². The molecule has 122 valence electrons. The molecular formula is C16H26N4O2. The van der Waals surface area contributed by atoms with Crippen LogP contribution in [0.4, 0.5) is 0 Å². The Morgan fingerprint density at radius 2 is 1.27 bits per heavy atom. The summed E-state index contributed by atoms with van der Waals surface area (Å²) in [6, 6.07) is 6.78. The van der Waals surface area contributed by atoms with Crippen LogP contribution in [0.25, 0.3) is 0 Å². The third-order valence-electron chi connectivity index (χ3n) is 3.17. The van der Waals surface area contributed by atoms with Crippen LogP contribution in [0.1, 0.15) is 33.6 Å². The van der Waals surface area contributed by atoms with Crippen molar-refractivity contribution in [2.75, 3.05) is 40.3 Å². The highest BCUT2D eigenvalue weighted by atomic mass is 16.2. The molecule has 0 aliphatic rings. The fourth-order valence-electron chi connectivity index (χ4n) is 1.94. The van der Waals surface area contributed by atoms with E-state index in [4.69, 9.17) is 0 Å². The Labute approximate surface area is 132 Å². The lowest BCUT2D eigenvalue weighted by Crippen LogP contribution is -2.28. The van der Waals surface area contributed by atoms with Crippen molar-refractivity contribution in [3.63, 3.8) is 0 Å². The van der Waals surface area contributed by atoms with E-state index in [1.54, 1.807) is 24.3 Å². The Balaban J connectivity index is 2.50. The number of carbonyl (C=O) groups excluding carboxylic acids is 2. The van der Waals surface area contributed by atoms with Crippen molar-refractivity contribution >= 4 is 11.8 Å². The van der Waals surface area contributed by atoms with Crippen LogP contribution in [0.3, 0.4) is 0 Å². The zero-order valence-electron chi connectivity index (χ0n) is 13.4. The monoisotopic (exact) mass is 306 g/mol. The first-order valence-electron chi connectivity index (χ1n) is 7.64. The quantitative estimate of drug-likeness (QED) is 0.471. The van der Waals surface area contributed by atoms with Gasteiger partial charge in [-0.1, -0.05) is 6.07 Å². The van der Waals surface area contributed by atoms with E-state index in [0.717, 1.165) is 25.9 Å². The molecule has 0 atom stereocenters. The minimum Gasteiger partial charge on any atom is -0.352 e. The molecule has 1 aromatic rings. The molecule has 6 nitrogen and oxygen atoms in total. The molecule has 22 heavy (non-hydrogen) atoms. The number of amides is 2. The second kappa shape index (κ2) is 10.8. The Morgan fingerprint density at radius 1 is 0.818 bits per heavy atom. The highest BCUT2D eigenvalue weighted by Crippen LogP contribution is 2.05. The molecule has 1 aromatic carbocycles. The molecular weight excluding hydrogens is 280 g/mol. The molecule has 0 fully saturated rings. The second-order valence-electron chi connectivity index (χ2n) is 5.01. The number of hydrogen-bond donors (Lipinski definition) is 4. The molecule has 2 amide bonds. The van der Waals surface area contributed by atoms with Crippen LogP contribution < -0.4 is 21.3 Å². The summed E-state index contributed by atoms with van der Waals surface area (Å²) in [6.45, 7) is 2.94. The molecule has 1 rings (SSSR count). The van der Waals surface area contributed by atoms with Crippen LogP contribution in [0.5, 0.6) is 0 Å². The van der Waals surface area contributed by atoms with Gasteiger partial charge in [-0.2, -0.15) is 0 Å². The number of benzene rings is 1. The predicted octanol–water partition coefficient (Wildman–Crippen LogP) is 0.365. The van der Waals surface area contributed by atoms with Crippen molar-refractivity contribution in [3.8, 4) is 0 Å². The average Bonchev–Trinajstić information content (AvgIpc) is 2.55. The smallest absolute Gasteiger partial charge is 0.251 e. The van der Waals surface area contributed by atoms with Crippen molar-refractivity contribution < 1.29 is 9.59 Å². The maximum absolute atomic E-state index is 12.0. The number of hydrogen-bond acceptors (Lipinski definition) is 4. The molecule has 6 heteroatoms. The SMILES string of the molecule is CNCCCNC(=O)c1cccc(C(=O)NCCCNC)c1. The maximum atomic E-state index is 12.0. The summed E-state index contributed by atoms with van der Waals surface area (Å²) in [7, 11) is 3.75. The molecule has 0 aromatic heterocycles. The molecule has 0 saturated carbocycles. The van der Waals surface area contributed by atoms with Gasteiger partial charge in [0.1, 0.15) is 0 Å². The molecule has 0 radical (unpaired) electrons. The maximum Gasteiger partial charge on any atom is 0.251 e. The summed E-state index contributed by atoms with van der Waals surface area (Å²) < 4.78 is 0. The van der Waals surface area contributed by atoms with Gasteiger partial charge in [-0.3, -0.25) is 9.59 Å². The highest BCUT2D eigenvalue weighted by molar-refractivity contribution is 5.99. The van der Waals surface area contributed by atoms with E-state index >= 15 is 0 Å². The zero-order valence-corrected chi connectivity index (χ0v) is 13.4. The van der Waals surface area contributed by atoms with E-state index < -0.39 is 0 Å². The van der Waals surface area contributed by atoms with E-state index in [-0.39, 0.29) is 11.8 Å². The summed E-state index contributed by atoms with van der Waals surface area (Å²) in [4.78, 5) is 24.0.